The first-order chi connectivity index (χ1) is 9.78. The van der Waals surface area contributed by atoms with E-state index < -0.39 is 0 Å². The van der Waals surface area contributed by atoms with E-state index in [1.807, 2.05) is 6.20 Å². The number of hydrogen-bond acceptors (Lipinski definition) is 3. The maximum absolute atomic E-state index is 14.1. The molecule has 5 heteroatoms. The van der Waals surface area contributed by atoms with Gasteiger partial charge in [0, 0.05) is 16.8 Å². The summed E-state index contributed by atoms with van der Waals surface area (Å²) in [6.45, 7) is 0. The molecule has 0 fully saturated rings. The van der Waals surface area contributed by atoms with Gasteiger partial charge in [0.05, 0.1) is 18.4 Å². The number of fused-ring (bicyclic) bond motifs is 3. The zero-order valence-electron chi connectivity index (χ0n) is 11.0. The third kappa shape index (κ3) is 1.59. The first-order valence-electron chi connectivity index (χ1n) is 6.60. The summed E-state index contributed by atoms with van der Waals surface area (Å²) in [7, 11) is 1.55. The molecular formula is C15H13FN2OS. The Bertz CT molecular complexity index is 806. The van der Waals surface area contributed by atoms with Gasteiger partial charge in [-0.05, 0) is 31.4 Å². The van der Waals surface area contributed by atoms with Crippen molar-refractivity contribution in [3.8, 4) is 17.0 Å². The van der Waals surface area contributed by atoms with Gasteiger partial charge in [0.2, 0.25) is 0 Å². The van der Waals surface area contributed by atoms with Gasteiger partial charge in [0.15, 0.2) is 4.96 Å². The summed E-state index contributed by atoms with van der Waals surface area (Å²) in [5.74, 6) is 0.221. The van der Waals surface area contributed by atoms with E-state index >= 15 is 0 Å². The van der Waals surface area contributed by atoms with Gasteiger partial charge in [-0.15, -0.1) is 11.3 Å². The molecule has 0 aliphatic heterocycles. The maximum Gasteiger partial charge on any atom is 0.194 e. The molecule has 0 bridgehead atoms. The Morgan fingerprint density at radius 1 is 1.35 bits per heavy atom. The first-order valence-corrected chi connectivity index (χ1v) is 7.42. The van der Waals surface area contributed by atoms with Gasteiger partial charge in [0.1, 0.15) is 11.6 Å². The van der Waals surface area contributed by atoms with Gasteiger partial charge >= 0.3 is 0 Å². The second-order valence-corrected chi connectivity index (χ2v) is 5.98. The highest BCUT2D eigenvalue weighted by molar-refractivity contribution is 7.17. The molecule has 20 heavy (non-hydrogen) atoms. The van der Waals surface area contributed by atoms with Crippen LogP contribution in [-0.4, -0.2) is 16.5 Å². The average Bonchev–Trinajstić information content (AvgIpc) is 3.09. The molecule has 2 heterocycles. The number of ether oxygens (including phenoxy) is 1. The van der Waals surface area contributed by atoms with Crippen molar-refractivity contribution < 1.29 is 9.13 Å². The fraction of sp³-hybridized carbons (Fsp3) is 0.267. The highest BCUT2D eigenvalue weighted by atomic mass is 32.1. The van der Waals surface area contributed by atoms with Gasteiger partial charge in [-0.1, -0.05) is 6.07 Å². The Kier molecular flexibility index (Phi) is 2.57. The lowest BCUT2D eigenvalue weighted by Gasteiger charge is -2.06. The molecule has 0 atom stereocenters. The zero-order chi connectivity index (χ0) is 13.7. The summed E-state index contributed by atoms with van der Waals surface area (Å²) >= 11 is 1.71. The van der Waals surface area contributed by atoms with Crippen LogP contribution in [0.2, 0.25) is 0 Å². The molecule has 0 saturated heterocycles. The number of rotatable bonds is 2. The van der Waals surface area contributed by atoms with Crippen molar-refractivity contribution >= 4 is 16.3 Å². The van der Waals surface area contributed by atoms with E-state index in [0.29, 0.717) is 17.0 Å². The van der Waals surface area contributed by atoms with Crippen LogP contribution in [0.25, 0.3) is 16.2 Å². The molecule has 2 aromatic heterocycles. The van der Waals surface area contributed by atoms with Crippen LogP contribution in [0.4, 0.5) is 4.39 Å². The number of imidazole rings is 1. The van der Waals surface area contributed by atoms with Crippen LogP contribution in [0, 0.1) is 5.82 Å². The molecule has 102 valence electrons. The van der Waals surface area contributed by atoms with Crippen LogP contribution in [0.3, 0.4) is 0 Å². The van der Waals surface area contributed by atoms with Crippen LogP contribution in [0.15, 0.2) is 24.4 Å². The van der Waals surface area contributed by atoms with E-state index in [0.717, 1.165) is 17.8 Å². The second-order valence-electron chi connectivity index (χ2n) is 4.92. The van der Waals surface area contributed by atoms with E-state index in [1.54, 1.807) is 30.6 Å². The summed E-state index contributed by atoms with van der Waals surface area (Å²) in [6, 6.07) is 4.85. The molecule has 1 aromatic carbocycles. The summed E-state index contributed by atoms with van der Waals surface area (Å²) in [6.07, 6.45) is 5.35. The van der Waals surface area contributed by atoms with Crippen molar-refractivity contribution in [3.63, 3.8) is 0 Å². The van der Waals surface area contributed by atoms with Gasteiger partial charge in [-0.2, -0.15) is 0 Å². The van der Waals surface area contributed by atoms with E-state index in [1.165, 1.54) is 23.1 Å². The van der Waals surface area contributed by atoms with Crippen molar-refractivity contribution in [2.75, 3.05) is 7.11 Å². The fourth-order valence-corrected chi connectivity index (χ4v) is 4.04. The Labute approximate surface area is 119 Å². The topological polar surface area (TPSA) is 26.5 Å². The Morgan fingerprint density at radius 2 is 2.25 bits per heavy atom. The van der Waals surface area contributed by atoms with Crippen LogP contribution >= 0.6 is 11.3 Å². The summed E-state index contributed by atoms with van der Waals surface area (Å²) in [5.41, 5.74) is 2.41. The lowest BCUT2D eigenvalue weighted by Crippen LogP contribution is -1.91. The minimum absolute atomic E-state index is 0.299. The number of benzene rings is 1. The van der Waals surface area contributed by atoms with E-state index in [2.05, 4.69) is 9.38 Å². The SMILES string of the molecule is COc1cccc(F)c1-c1cn2c3c(sc2n1)CCC3. The van der Waals surface area contributed by atoms with E-state index in [-0.39, 0.29) is 5.82 Å². The molecule has 3 nitrogen and oxygen atoms in total. The highest BCUT2D eigenvalue weighted by Gasteiger charge is 2.21. The van der Waals surface area contributed by atoms with Gasteiger partial charge < -0.3 is 4.74 Å². The summed E-state index contributed by atoms with van der Waals surface area (Å²) < 4.78 is 21.5. The van der Waals surface area contributed by atoms with Crippen molar-refractivity contribution in [2.45, 2.75) is 19.3 Å². The number of halogens is 1. The number of nitrogens with zero attached hydrogens (tertiary/aromatic N) is 2. The fourth-order valence-electron chi connectivity index (χ4n) is 2.85. The quantitative estimate of drug-likeness (QED) is 0.719. The number of aryl methyl sites for hydroxylation is 2. The Balaban J connectivity index is 1.93. The lowest BCUT2D eigenvalue weighted by molar-refractivity contribution is 0.413. The number of thiazole rings is 1. The predicted octanol–water partition coefficient (Wildman–Crippen LogP) is 3.70. The Morgan fingerprint density at radius 3 is 3.10 bits per heavy atom. The zero-order valence-corrected chi connectivity index (χ0v) is 11.8. The van der Waals surface area contributed by atoms with E-state index in [4.69, 9.17) is 4.74 Å². The number of aromatic nitrogens is 2. The minimum atomic E-state index is -0.299. The number of hydrogen-bond donors (Lipinski definition) is 0. The summed E-state index contributed by atoms with van der Waals surface area (Å²) in [5, 5.41) is 0. The molecule has 0 unspecified atom stereocenters. The molecule has 0 spiro atoms. The normalized spacial score (nSPS) is 13.9. The lowest BCUT2D eigenvalue weighted by atomic mass is 10.1. The van der Waals surface area contributed by atoms with Crippen molar-refractivity contribution in [2.24, 2.45) is 0 Å². The third-order valence-corrected chi connectivity index (χ3v) is 4.93. The summed E-state index contributed by atoms with van der Waals surface area (Å²) in [4.78, 5) is 6.93. The highest BCUT2D eigenvalue weighted by Crippen LogP contribution is 2.36. The van der Waals surface area contributed by atoms with Crippen LogP contribution in [-0.2, 0) is 12.8 Å². The van der Waals surface area contributed by atoms with Crippen LogP contribution in [0.5, 0.6) is 5.75 Å². The van der Waals surface area contributed by atoms with Gasteiger partial charge in [-0.25, -0.2) is 9.37 Å². The molecule has 1 aliphatic rings. The van der Waals surface area contributed by atoms with Gasteiger partial charge in [-0.3, -0.25) is 4.40 Å². The molecule has 0 saturated carbocycles. The van der Waals surface area contributed by atoms with Crippen LogP contribution in [0.1, 0.15) is 17.0 Å². The predicted molar refractivity (Wildman–Crippen MR) is 77.0 cm³/mol. The molecule has 1 aliphatic carbocycles. The maximum atomic E-state index is 14.1. The minimum Gasteiger partial charge on any atom is -0.496 e. The Hall–Kier alpha value is -1.88. The monoisotopic (exact) mass is 288 g/mol. The third-order valence-electron chi connectivity index (χ3n) is 3.77. The number of methoxy groups -OCH3 is 1. The van der Waals surface area contributed by atoms with Crippen molar-refractivity contribution in [1.82, 2.24) is 9.38 Å². The molecule has 4 rings (SSSR count). The van der Waals surface area contributed by atoms with Crippen LogP contribution < -0.4 is 4.74 Å². The second kappa shape index (κ2) is 4.31. The smallest absolute Gasteiger partial charge is 0.194 e. The molecular weight excluding hydrogens is 275 g/mol. The van der Waals surface area contributed by atoms with E-state index in [9.17, 15) is 4.39 Å². The van der Waals surface area contributed by atoms with Crippen molar-refractivity contribution in [1.29, 1.82) is 0 Å². The molecule has 0 N–H and O–H groups in total. The van der Waals surface area contributed by atoms with Crippen molar-refractivity contribution in [3.05, 3.63) is 40.8 Å². The average molecular weight is 288 g/mol. The van der Waals surface area contributed by atoms with Gasteiger partial charge in [0.25, 0.3) is 0 Å². The molecule has 0 radical (unpaired) electrons. The molecule has 3 aromatic rings. The standard InChI is InChI=1S/C15H13FN2OS/c1-19-12-6-2-4-9(16)14(12)10-8-18-11-5-3-7-13(11)20-15(18)17-10/h2,4,6,8H,3,5,7H2,1H3. The first kappa shape index (κ1) is 11.9. The largest absolute Gasteiger partial charge is 0.496 e. The molecule has 0 amide bonds.